The van der Waals surface area contributed by atoms with Crippen LogP contribution in [0.2, 0.25) is 0 Å². The summed E-state index contributed by atoms with van der Waals surface area (Å²) in [5.74, 6) is 1.92. The fourth-order valence-electron chi connectivity index (χ4n) is 2.46. The molecule has 0 fully saturated rings. The van der Waals surface area contributed by atoms with Crippen LogP contribution in [0.5, 0.6) is 5.75 Å². The van der Waals surface area contributed by atoms with Gasteiger partial charge in [0.1, 0.15) is 11.5 Å². The van der Waals surface area contributed by atoms with Crippen LogP contribution in [0.4, 0.5) is 0 Å². The van der Waals surface area contributed by atoms with Crippen LogP contribution >= 0.6 is 0 Å². The molecule has 1 heterocycles. The van der Waals surface area contributed by atoms with Crippen molar-refractivity contribution in [3.8, 4) is 5.75 Å². The van der Waals surface area contributed by atoms with E-state index in [-0.39, 0.29) is 6.04 Å². The number of para-hydroxylation sites is 1. The van der Waals surface area contributed by atoms with Crippen LogP contribution in [0, 0.1) is 6.92 Å². The Labute approximate surface area is 121 Å². The first-order chi connectivity index (χ1) is 9.76. The highest BCUT2D eigenvalue weighted by Gasteiger charge is 2.17. The molecule has 3 heteroatoms. The zero-order chi connectivity index (χ0) is 14.4. The first-order valence-corrected chi connectivity index (χ1v) is 7.15. The van der Waals surface area contributed by atoms with Crippen molar-refractivity contribution in [1.82, 2.24) is 5.32 Å². The number of aryl methyl sites for hydroxylation is 1. The maximum absolute atomic E-state index is 5.45. The summed E-state index contributed by atoms with van der Waals surface area (Å²) < 4.78 is 10.9. The Morgan fingerprint density at radius 2 is 2.05 bits per heavy atom. The zero-order valence-electron chi connectivity index (χ0n) is 12.5. The van der Waals surface area contributed by atoms with Crippen LogP contribution in [0.3, 0.4) is 0 Å². The molecule has 0 radical (unpaired) electrons. The Balaban J connectivity index is 2.21. The largest absolute Gasteiger partial charge is 0.496 e. The highest BCUT2D eigenvalue weighted by atomic mass is 16.5. The molecule has 2 aromatic rings. The summed E-state index contributed by atoms with van der Waals surface area (Å²) in [4.78, 5) is 0. The lowest BCUT2D eigenvalue weighted by molar-refractivity contribution is 0.404. The number of benzene rings is 1. The molecule has 0 saturated heterocycles. The van der Waals surface area contributed by atoms with Gasteiger partial charge in [0.15, 0.2) is 0 Å². The summed E-state index contributed by atoms with van der Waals surface area (Å²) in [7, 11) is 1.72. The minimum absolute atomic E-state index is 0.255. The van der Waals surface area contributed by atoms with Gasteiger partial charge in [-0.25, -0.2) is 0 Å². The Morgan fingerprint density at radius 1 is 1.25 bits per heavy atom. The van der Waals surface area contributed by atoms with E-state index in [0.717, 1.165) is 30.9 Å². The SMILES string of the molecule is CCCNC(Cc1ccccc1OC)c1ccoc1C. The van der Waals surface area contributed by atoms with E-state index in [4.69, 9.17) is 9.15 Å². The molecule has 2 rings (SSSR count). The number of ether oxygens (including phenoxy) is 1. The van der Waals surface area contributed by atoms with Crippen molar-refractivity contribution in [3.63, 3.8) is 0 Å². The molecule has 0 aliphatic heterocycles. The van der Waals surface area contributed by atoms with Gasteiger partial charge >= 0.3 is 0 Å². The molecule has 20 heavy (non-hydrogen) atoms. The second kappa shape index (κ2) is 7.15. The average Bonchev–Trinajstić information content (AvgIpc) is 2.90. The molecule has 0 saturated carbocycles. The smallest absolute Gasteiger partial charge is 0.122 e. The predicted molar refractivity (Wildman–Crippen MR) is 81.2 cm³/mol. The van der Waals surface area contributed by atoms with Gasteiger partial charge in [-0.3, -0.25) is 0 Å². The van der Waals surface area contributed by atoms with Gasteiger partial charge in [0, 0.05) is 11.6 Å². The first-order valence-electron chi connectivity index (χ1n) is 7.15. The van der Waals surface area contributed by atoms with Crippen molar-refractivity contribution in [1.29, 1.82) is 0 Å². The van der Waals surface area contributed by atoms with Gasteiger partial charge in [0.2, 0.25) is 0 Å². The third kappa shape index (κ3) is 3.42. The Morgan fingerprint density at radius 3 is 2.70 bits per heavy atom. The molecule has 3 nitrogen and oxygen atoms in total. The maximum Gasteiger partial charge on any atom is 0.122 e. The normalized spacial score (nSPS) is 12.3. The van der Waals surface area contributed by atoms with Crippen LogP contribution < -0.4 is 10.1 Å². The average molecular weight is 273 g/mol. The minimum Gasteiger partial charge on any atom is -0.496 e. The van der Waals surface area contributed by atoms with Crippen molar-refractivity contribution < 1.29 is 9.15 Å². The van der Waals surface area contributed by atoms with Crippen molar-refractivity contribution in [2.75, 3.05) is 13.7 Å². The van der Waals surface area contributed by atoms with Crippen LogP contribution in [0.1, 0.15) is 36.3 Å². The lowest BCUT2D eigenvalue weighted by Crippen LogP contribution is -2.24. The number of methoxy groups -OCH3 is 1. The van der Waals surface area contributed by atoms with E-state index in [1.807, 2.05) is 19.1 Å². The molecule has 1 aromatic heterocycles. The standard InChI is InChI=1S/C17H23NO2/c1-4-10-18-16(15-9-11-20-13(15)2)12-14-7-5-6-8-17(14)19-3/h5-9,11,16,18H,4,10,12H2,1-3H3. The molecule has 1 N–H and O–H groups in total. The molecule has 0 aliphatic rings. The third-order valence-electron chi connectivity index (χ3n) is 3.53. The second-order valence-corrected chi connectivity index (χ2v) is 4.95. The molecule has 0 aliphatic carbocycles. The van der Waals surface area contributed by atoms with Crippen LogP contribution in [-0.4, -0.2) is 13.7 Å². The first kappa shape index (κ1) is 14.7. The Bertz CT molecular complexity index is 533. The minimum atomic E-state index is 0.255. The monoisotopic (exact) mass is 273 g/mol. The van der Waals surface area contributed by atoms with E-state index in [0.29, 0.717) is 0 Å². The van der Waals surface area contributed by atoms with Crippen molar-refractivity contribution in [2.24, 2.45) is 0 Å². The summed E-state index contributed by atoms with van der Waals surface area (Å²) in [6.07, 6.45) is 3.76. The topological polar surface area (TPSA) is 34.4 Å². The van der Waals surface area contributed by atoms with Crippen molar-refractivity contribution in [3.05, 3.63) is 53.5 Å². The van der Waals surface area contributed by atoms with Crippen molar-refractivity contribution in [2.45, 2.75) is 32.7 Å². The fourth-order valence-corrected chi connectivity index (χ4v) is 2.46. The van der Waals surface area contributed by atoms with Gasteiger partial charge < -0.3 is 14.5 Å². The van der Waals surface area contributed by atoms with Crippen LogP contribution in [0.15, 0.2) is 41.0 Å². The number of hydrogen-bond donors (Lipinski definition) is 1. The van der Waals surface area contributed by atoms with Gasteiger partial charge in [-0.05, 0) is 44.0 Å². The predicted octanol–water partition coefficient (Wildman–Crippen LogP) is 3.88. The third-order valence-corrected chi connectivity index (χ3v) is 3.53. The molecular weight excluding hydrogens is 250 g/mol. The maximum atomic E-state index is 5.45. The highest BCUT2D eigenvalue weighted by molar-refractivity contribution is 5.35. The fraction of sp³-hybridized carbons (Fsp3) is 0.412. The molecule has 1 atom stereocenters. The van der Waals surface area contributed by atoms with E-state index >= 15 is 0 Å². The number of hydrogen-bond acceptors (Lipinski definition) is 3. The summed E-state index contributed by atoms with van der Waals surface area (Å²) in [6, 6.07) is 10.5. The van der Waals surface area contributed by atoms with E-state index in [2.05, 4.69) is 30.4 Å². The van der Waals surface area contributed by atoms with Gasteiger partial charge in [0.05, 0.1) is 13.4 Å². The van der Waals surface area contributed by atoms with E-state index in [1.165, 1.54) is 11.1 Å². The molecule has 0 bridgehead atoms. The zero-order valence-corrected chi connectivity index (χ0v) is 12.5. The molecule has 108 valence electrons. The van der Waals surface area contributed by atoms with Crippen LogP contribution in [-0.2, 0) is 6.42 Å². The van der Waals surface area contributed by atoms with E-state index < -0.39 is 0 Å². The van der Waals surface area contributed by atoms with Gasteiger partial charge in [-0.2, -0.15) is 0 Å². The number of rotatable bonds is 7. The summed E-state index contributed by atoms with van der Waals surface area (Å²) in [5, 5.41) is 3.60. The highest BCUT2D eigenvalue weighted by Crippen LogP contribution is 2.27. The van der Waals surface area contributed by atoms with Crippen molar-refractivity contribution >= 4 is 0 Å². The quantitative estimate of drug-likeness (QED) is 0.831. The lowest BCUT2D eigenvalue weighted by Gasteiger charge is -2.19. The Hall–Kier alpha value is -1.74. The van der Waals surface area contributed by atoms with E-state index in [1.54, 1.807) is 13.4 Å². The Kier molecular flexibility index (Phi) is 5.24. The molecule has 1 aromatic carbocycles. The second-order valence-electron chi connectivity index (χ2n) is 4.95. The molecule has 0 amide bonds. The summed E-state index contributed by atoms with van der Waals surface area (Å²) >= 11 is 0. The summed E-state index contributed by atoms with van der Waals surface area (Å²) in [5.41, 5.74) is 2.44. The van der Waals surface area contributed by atoms with Gasteiger partial charge in [-0.15, -0.1) is 0 Å². The van der Waals surface area contributed by atoms with Crippen LogP contribution in [0.25, 0.3) is 0 Å². The lowest BCUT2D eigenvalue weighted by atomic mass is 9.98. The molecule has 0 spiro atoms. The summed E-state index contributed by atoms with van der Waals surface area (Å²) in [6.45, 7) is 5.18. The molecule has 1 unspecified atom stereocenters. The number of furan rings is 1. The van der Waals surface area contributed by atoms with Gasteiger partial charge in [-0.1, -0.05) is 25.1 Å². The van der Waals surface area contributed by atoms with Gasteiger partial charge in [0.25, 0.3) is 0 Å². The van der Waals surface area contributed by atoms with E-state index in [9.17, 15) is 0 Å². The number of nitrogens with one attached hydrogen (secondary N) is 1. The molecular formula is C17H23NO2.